The summed E-state index contributed by atoms with van der Waals surface area (Å²) in [6.45, 7) is 0. The van der Waals surface area contributed by atoms with Crippen LogP contribution in [-0.4, -0.2) is 0 Å². The third-order valence-electron chi connectivity index (χ3n) is 3.21. The average molecular weight is 273 g/mol. The molecule has 2 nitrogen and oxygen atoms in total. The summed E-state index contributed by atoms with van der Waals surface area (Å²) in [7, 11) is 0. The van der Waals surface area contributed by atoms with Crippen LogP contribution in [0, 0.1) is 0 Å². The molecule has 1 N–H and O–H groups in total. The smallest absolute Gasteiger partial charge is 0.210 e. The standard InChI is InChI=1S/C19H16N2/c1-3-7-18(8-4-1)20-14-11-17-12-15-21(16-13-17)19-9-5-2-6-10-19/h1-16H/p+1. The first kappa shape index (κ1) is 13.1. The number of aromatic nitrogens is 1. The fourth-order valence-corrected chi connectivity index (χ4v) is 2.09. The molecule has 1 heterocycles. The quantitative estimate of drug-likeness (QED) is 0.709. The zero-order valence-electron chi connectivity index (χ0n) is 11.7. The summed E-state index contributed by atoms with van der Waals surface area (Å²) >= 11 is 0. The first-order chi connectivity index (χ1) is 10.4. The van der Waals surface area contributed by atoms with Crippen molar-refractivity contribution < 1.29 is 4.57 Å². The molecule has 1 aromatic heterocycles. The SMILES string of the molecule is C(=Cc1cc[n+](-c2ccccc2)cc1)Nc1ccccc1. The van der Waals surface area contributed by atoms with Crippen molar-refractivity contribution in [2.45, 2.75) is 0 Å². The molecule has 0 aliphatic carbocycles. The minimum atomic E-state index is 1.09. The van der Waals surface area contributed by atoms with Crippen LogP contribution in [0.25, 0.3) is 11.8 Å². The number of nitrogens with zero attached hydrogens (tertiary/aromatic N) is 1. The number of rotatable bonds is 4. The van der Waals surface area contributed by atoms with Gasteiger partial charge in [0.1, 0.15) is 0 Å². The van der Waals surface area contributed by atoms with E-state index >= 15 is 0 Å². The van der Waals surface area contributed by atoms with Crippen molar-refractivity contribution in [1.82, 2.24) is 0 Å². The van der Waals surface area contributed by atoms with Crippen molar-refractivity contribution in [2.75, 3.05) is 5.32 Å². The Morgan fingerprint density at radius 3 is 2.00 bits per heavy atom. The van der Waals surface area contributed by atoms with E-state index in [-0.39, 0.29) is 0 Å². The first-order valence-corrected chi connectivity index (χ1v) is 6.97. The third-order valence-corrected chi connectivity index (χ3v) is 3.21. The van der Waals surface area contributed by atoms with Gasteiger partial charge in [0.05, 0.1) is 0 Å². The Morgan fingerprint density at radius 2 is 1.33 bits per heavy atom. The second-order valence-electron chi connectivity index (χ2n) is 4.72. The Bertz CT molecular complexity index is 702. The van der Waals surface area contributed by atoms with E-state index in [1.165, 1.54) is 0 Å². The fraction of sp³-hybridized carbons (Fsp3) is 0. The van der Waals surface area contributed by atoms with E-state index in [2.05, 4.69) is 52.6 Å². The minimum absolute atomic E-state index is 1.09. The number of anilines is 1. The first-order valence-electron chi connectivity index (χ1n) is 6.97. The topological polar surface area (TPSA) is 15.9 Å². The molecular weight excluding hydrogens is 256 g/mol. The van der Waals surface area contributed by atoms with E-state index in [0.717, 1.165) is 16.9 Å². The number of nitrogens with one attached hydrogen (secondary N) is 1. The molecule has 0 atom stereocenters. The monoisotopic (exact) mass is 273 g/mol. The molecule has 3 aromatic rings. The van der Waals surface area contributed by atoms with Crippen LogP contribution in [0.3, 0.4) is 0 Å². The maximum Gasteiger partial charge on any atom is 0.210 e. The number of hydrogen-bond donors (Lipinski definition) is 1. The molecular formula is C19H17N2+. The Kier molecular flexibility index (Phi) is 4.08. The van der Waals surface area contributed by atoms with Crippen LogP contribution in [-0.2, 0) is 0 Å². The molecule has 102 valence electrons. The molecule has 0 unspecified atom stereocenters. The molecule has 0 amide bonds. The van der Waals surface area contributed by atoms with Gasteiger partial charge in [-0.05, 0) is 23.8 Å². The summed E-state index contributed by atoms with van der Waals surface area (Å²) in [5, 5.41) is 3.25. The molecule has 0 aliphatic rings. The van der Waals surface area contributed by atoms with Crippen LogP contribution in [0.15, 0.2) is 91.4 Å². The largest absolute Gasteiger partial charge is 0.362 e. The Balaban J connectivity index is 1.67. The zero-order valence-corrected chi connectivity index (χ0v) is 11.7. The molecule has 0 saturated heterocycles. The fourth-order valence-electron chi connectivity index (χ4n) is 2.09. The second kappa shape index (κ2) is 6.53. The molecule has 0 fully saturated rings. The highest BCUT2D eigenvalue weighted by molar-refractivity contribution is 5.54. The summed E-state index contributed by atoms with van der Waals surface area (Å²) in [5.41, 5.74) is 3.41. The highest BCUT2D eigenvalue weighted by atomic mass is 14.9. The van der Waals surface area contributed by atoms with Gasteiger partial charge in [-0.1, -0.05) is 36.4 Å². The minimum Gasteiger partial charge on any atom is -0.362 e. The van der Waals surface area contributed by atoms with Crippen LogP contribution in [0.5, 0.6) is 0 Å². The average Bonchev–Trinajstić information content (AvgIpc) is 2.57. The summed E-state index contributed by atoms with van der Waals surface area (Å²) < 4.78 is 2.10. The maximum absolute atomic E-state index is 3.25. The number of benzene rings is 2. The summed E-state index contributed by atoms with van der Waals surface area (Å²) in [6, 6.07) is 24.6. The van der Waals surface area contributed by atoms with Gasteiger partial charge in [0.25, 0.3) is 0 Å². The number of hydrogen-bond acceptors (Lipinski definition) is 1. The second-order valence-corrected chi connectivity index (χ2v) is 4.72. The maximum atomic E-state index is 3.25. The van der Waals surface area contributed by atoms with E-state index < -0.39 is 0 Å². The molecule has 0 spiro atoms. The highest BCUT2D eigenvalue weighted by Gasteiger charge is 2.02. The van der Waals surface area contributed by atoms with Crippen LogP contribution in [0.2, 0.25) is 0 Å². The Labute approximate surface area is 125 Å². The molecule has 3 rings (SSSR count). The molecule has 2 aromatic carbocycles. The molecule has 21 heavy (non-hydrogen) atoms. The number of pyridine rings is 1. The van der Waals surface area contributed by atoms with Gasteiger partial charge < -0.3 is 5.32 Å². The van der Waals surface area contributed by atoms with Crippen molar-refractivity contribution in [3.8, 4) is 5.69 Å². The van der Waals surface area contributed by atoms with Gasteiger partial charge in [0, 0.05) is 36.2 Å². The summed E-state index contributed by atoms with van der Waals surface area (Å²) in [4.78, 5) is 0. The van der Waals surface area contributed by atoms with Crippen molar-refractivity contribution in [2.24, 2.45) is 0 Å². The van der Waals surface area contributed by atoms with Gasteiger partial charge in [0.2, 0.25) is 5.69 Å². The lowest BCUT2D eigenvalue weighted by Crippen LogP contribution is -2.28. The summed E-state index contributed by atoms with van der Waals surface area (Å²) in [5.74, 6) is 0. The van der Waals surface area contributed by atoms with Gasteiger partial charge in [-0.3, -0.25) is 0 Å². The molecule has 0 aliphatic heterocycles. The van der Waals surface area contributed by atoms with Gasteiger partial charge >= 0.3 is 0 Å². The lowest BCUT2D eigenvalue weighted by atomic mass is 10.2. The van der Waals surface area contributed by atoms with Crippen LogP contribution in [0.4, 0.5) is 5.69 Å². The van der Waals surface area contributed by atoms with Gasteiger partial charge in [0.15, 0.2) is 12.4 Å². The lowest BCUT2D eigenvalue weighted by Gasteiger charge is -1.99. The van der Waals surface area contributed by atoms with Crippen molar-refractivity contribution in [3.05, 3.63) is 97.0 Å². The van der Waals surface area contributed by atoms with E-state index in [0.29, 0.717) is 0 Å². The Morgan fingerprint density at radius 1 is 0.714 bits per heavy atom. The lowest BCUT2D eigenvalue weighted by molar-refractivity contribution is -0.595. The van der Waals surface area contributed by atoms with E-state index in [4.69, 9.17) is 0 Å². The Hall–Kier alpha value is -2.87. The predicted molar refractivity (Wildman–Crippen MR) is 87.1 cm³/mol. The van der Waals surface area contributed by atoms with E-state index in [9.17, 15) is 0 Å². The molecule has 0 radical (unpaired) electrons. The van der Waals surface area contributed by atoms with Crippen LogP contribution < -0.4 is 9.88 Å². The van der Waals surface area contributed by atoms with Crippen LogP contribution in [0.1, 0.15) is 5.56 Å². The van der Waals surface area contributed by atoms with Crippen molar-refractivity contribution in [1.29, 1.82) is 0 Å². The number of para-hydroxylation sites is 2. The van der Waals surface area contributed by atoms with E-state index in [1.54, 1.807) is 0 Å². The van der Waals surface area contributed by atoms with Gasteiger partial charge in [-0.25, -0.2) is 0 Å². The molecule has 2 heteroatoms. The molecule has 0 saturated carbocycles. The molecule has 0 bridgehead atoms. The zero-order chi connectivity index (χ0) is 14.3. The summed E-state index contributed by atoms with van der Waals surface area (Å²) in [6.07, 6.45) is 8.15. The van der Waals surface area contributed by atoms with Gasteiger partial charge in [-0.15, -0.1) is 0 Å². The van der Waals surface area contributed by atoms with Crippen molar-refractivity contribution in [3.63, 3.8) is 0 Å². The normalized spacial score (nSPS) is 10.7. The third kappa shape index (κ3) is 3.57. The van der Waals surface area contributed by atoms with Crippen molar-refractivity contribution >= 4 is 11.8 Å². The highest BCUT2D eigenvalue weighted by Crippen LogP contribution is 2.06. The van der Waals surface area contributed by atoms with Gasteiger partial charge in [-0.2, -0.15) is 4.57 Å². The predicted octanol–water partition coefficient (Wildman–Crippen LogP) is 4.05. The van der Waals surface area contributed by atoms with E-state index in [1.807, 2.05) is 54.7 Å². The van der Waals surface area contributed by atoms with Crippen LogP contribution >= 0.6 is 0 Å².